The summed E-state index contributed by atoms with van der Waals surface area (Å²) in [4.78, 5) is 23.4. The zero-order valence-electron chi connectivity index (χ0n) is 17.4. The van der Waals surface area contributed by atoms with Crippen molar-refractivity contribution in [3.8, 4) is 0 Å². The molecule has 31 heavy (non-hydrogen) atoms. The summed E-state index contributed by atoms with van der Waals surface area (Å²) in [5.41, 5.74) is 1.81. The molecule has 6 rings (SSSR count). The van der Waals surface area contributed by atoms with Crippen molar-refractivity contribution in [1.29, 1.82) is 0 Å². The number of aromatic nitrogens is 4. The largest absolute Gasteiger partial charge is 0.338 e. The molecule has 3 aromatic heterocycles. The predicted octanol–water partition coefficient (Wildman–Crippen LogP) is 3.50. The molecule has 8 heteroatoms. The van der Waals surface area contributed by atoms with Gasteiger partial charge in [0.25, 0.3) is 0 Å². The lowest BCUT2D eigenvalue weighted by Crippen LogP contribution is -2.55. The van der Waals surface area contributed by atoms with Crippen LogP contribution in [0.3, 0.4) is 0 Å². The van der Waals surface area contributed by atoms with Crippen LogP contribution in [-0.2, 0) is 11.2 Å². The van der Waals surface area contributed by atoms with Gasteiger partial charge in [-0.1, -0.05) is 18.2 Å². The Kier molecular flexibility index (Phi) is 4.41. The van der Waals surface area contributed by atoms with Crippen LogP contribution in [0.25, 0.3) is 16.6 Å². The van der Waals surface area contributed by atoms with Gasteiger partial charge in [0.15, 0.2) is 5.65 Å². The number of anilines is 1. The monoisotopic (exact) mass is 432 g/mol. The van der Waals surface area contributed by atoms with Crippen molar-refractivity contribution in [3.05, 3.63) is 52.5 Å². The SMILES string of the molecule is C[C@@H]1CN(c2nc3ccccc3c3nnc(C4CC4)n23)CCN1C(=O)Cc1cccs1. The molecule has 0 unspecified atom stereocenters. The Labute approximate surface area is 184 Å². The summed E-state index contributed by atoms with van der Waals surface area (Å²) in [5, 5.41) is 12.2. The summed E-state index contributed by atoms with van der Waals surface area (Å²) in [7, 11) is 0. The number of fused-ring (bicyclic) bond motifs is 3. The summed E-state index contributed by atoms with van der Waals surface area (Å²) in [5.74, 6) is 2.60. The molecule has 1 aliphatic carbocycles. The quantitative estimate of drug-likeness (QED) is 0.494. The molecule has 1 atom stereocenters. The van der Waals surface area contributed by atoms with Gasteiger partial charge >= 0.3 is 0 Å². The van der Waals surface area contributed by atoms with Crippen molar-refractivity contribution in [2.24, 2.45) is 0 Å². The average molecular weight is 433 g/mol. The zero-order valence-corrected chi connectivity index (χ0v) is 18.3. The number of thiophene rings is 1. The molecule has 1 saturated heterocycles. The third-order valence-corrected chi connectivity index (χ3v) is 7.21. The Balaban J connectivity index is 1.33. The lowest BCUT2D eigenvalue weighted by atomic mass is 10.1. The van der Waals surface area contributed by atoms with Gasteiger partial charge in [-0.05, 0) is 43.3 Å². The van der Waals surface area contributed by atoms with E-state index >= 15 is 0 Å². The molecule has 1 saturated carbocycles. The van der Waals surface area contributed by atoms with Crippen molar-refractivity contribution in [1.82, 2.24) is 24.5 Å². The molecule has 0 bridgehead atoms. The molecule has 0 spiro atoms. The van der Waals surface area contributed by atoms with Crippen LogP contribution in [0.4, 0.5) is 5.95 Å². The first-order valence-electron chi connectivity index (χ1n) is 10.9. The van der Waals surface area contributed by atoms with E-state index in [0.29, 0.717) is 18.9 Å². The highest BCUT2D eigenvalue weighted by atomic mass is 32.1. The molecule has 2 fully saturated rings. The summed E-state index contributed by atoms with van der Waals surface area (Å²) >= 11 is 1.64. The Morgan fingerprint density at radius 3 is 2.77 bits per heavy atom. The highest BCUT2D eigenvalue weighted by Crippen LogP contribution is 2.40. The molecule has 7 nitrogen and oxygen atoms in total. The maximum atomic E-state index is 12.9. The zero-order chi connectivity index (χ0) is 20.9. The van der Waals surface area contributed by atoms with Gasteiger partial charge in [-0.3, -0.25) is 4.79 Å². The molecule has 2 aliphatic rings. The van der Waals surface area contributed by atoms with Crippen LogP contribution < -0.4 is 4.90 Å². The standard InChI is InChI=1S/C23H24N6OS/c1-15-14-27(10-11-28(15)20(30)13-17-5-4-12-31-17)23-24-19-7-3-2-6-18(19)22-26-25-21(29(22)23)16-8-9-16/h2-7,12,15-16H,8-11,13-14H2,1H3/t15-/m1/s1. The van der Waals surface area contributed by atoms with Gasteiger partial charge in [0.1, 0.15) is 5.82 Å². The third kappa shape index (κ3) is 3.26. The first-order chi connectivity index (χ1) is 15.2. The van der Waals surface area contributed by atoms with Gasteiger partial charge in [0.05, 0.1) is 11.9 Å². The molecular formula is C23H24N6OS. The maximum absolute atomic E-state index is 12.9. The van der Waals surface area contributed by atoms with Gasteiger partial charge in [-0.25, -0.2) is 9.38 Å². The minimum Gasteiger partial charge on any atom is -0.338 e. The Morgan fingerprint density at radius 1 is 1.13 bits per heavy atom. The Hall–Kier alpha value is -3.00. The van der Waals surface area contributed by atoms with Crippen molar-refractivity contribution >= 4 is 39.7 Å². The normalized spacial score (nSPS) is 19.5. The smallest absolute Gasteiger partial charge is 0.228 e. The topological polar surface area (TPSA) is 66.6 Å². The van der Waals surface area contributed by atoms with Gasteiger partial charge < -0.3 is 9.80 Å². The van der Waals surface area contributed by atoms with Crippen LogP contribution >= 0.6 is 11.3 Å². The first-order valence-corrected chi connectivity index (χ1v) is 11.8. The second-order valence-electron chi connectivity index (χ2n) is 8.56. The number of carbonyl (C=O) groups is 1. The van der Waals surface area contributed by atoms with Crippen LogP contribution in [0.2, 0.25) is 0 Å². The second-order valence-corrected chi connectivity index (χ2v) is 9.59. The van der Waals surface area contributed by atoms with E-state index in [4.69, 9.17) is 4.98 Å². The minimum atomic E-state index is 0.116. The van der Waals surface area contributed by atoms with E-state index < -0.39 is 0 Å². The molecule has 0 N–H and O–H groups in total. The molecule has 4 aromatic rings. The van der Waals surface area contributed by atoms with Crippen LogP contribution in [-0.4, -0.2) is 56.1 Å². The lowest BCUT2D eigenvalue weighted by molar-refractivity contribution is -0.132. The summed E-state index contributed by atoms with van der Waals surface area (Å²) in [6, 6.07) is 12.3. The second kappa shape index (κ2) is 7.30. The average Bonchev–Trinajstić information content (AvgIpc) is 3.31. The number of hydrogen-bond acceptors (Lipinski definition) is 6. The maximum Gasteiger partial charge on any atom is 0.228 e. The van der Waals surface area contributed by atoms with Crippen LogP contribution in [0.15, 0.2) is 41.8 Å². The highest BCUT2D eigenvalue weighted by Gasteiger charge is 2.33. The van der Waals surface area contributed by atoms with Gasteiger partial charge in [0.2, 0.25) is 11.9 Å². The van der Waals surface area contributed by atoms with E-state index in [1.807, 2.05) is 40.6 Å². The number of piperazine rings is 1. The van der Waals surface area contributed by atoms with Gasteiger partial charge in [0, 0.05) is 41.9 Å². The molecule has 1 amide bonds. The number of hydrogen-bond donors (Lipinski definition) is 0. The van der Waals surface area contributed by atoms with Gasteiger partial charge in [-0.2, -0.15) is 0 Å². The third-order valence-electron chi connectivity index (χ3n) is 6.33. The fourth-order valence-electron chi connectivity index (χ4n) is 4.58. The van der Waals surface area contributed by atoms with E-state index in [0.717, 1.165) is 59.1 Å². The summed E-state index contributed by atoms with van der Waals surface area (Å²) in [6.45, 7) is 4.33. The summed E-state index contributed by atoms with van der Waals surface area (Å²) in [6.07, 6.45) is 2.81. The van der Waals surface area contributed by atoms with E-state index in [1.165, 1.54) is 0 Å². The van der Waals surface area contributed by atoms with Crippen molar-refractivity contribution < 1.29 is 4.79 Å². The fraction of sp³-hybridized carbons (Fsp3) is 0.391. The molecule has 1 aromatic carbocycles. The van der Waals surface area contributed by atoms with Crippen LogP contribution in [0.5, 0.6) is 0 Å². The number of carbonyl (C=O) groups excluding carboxylic acids is 1. The molecular weight excluding hydrogens is 408 g/mol. The molecule has 4 heterocycles. The first kappa shape index (κ1) is 18.7. The number of amides is 1. The predicted molar refractivity (Wildman–Crippen MR) is 122 cm³/mol. The van der Waals surface area contributed by atoms with E-state index in [-0.39, 0.29) is 11.9 Å². The number of benzene rings is 1. The van der Waals surface area contributed by atoms with Crippen molar-refractivity contribution in [2.75, 3.05) is 24.5 Å². The molecule has 0 radical (unpaired) electrons. The minimum absolute atomic E-state index is 0.116. The van der Waals surface area contributed by atoms with E-state index in [2.05, 4.69) is 32.5 Å². The molecule has 1 aliphatic heterocycles. The summed E-state index contributed by atoms with van der Waals surface area (Å²) < 4.78 is 2.16. The number of para-hydroxylation sites is 1. The van der Waals surface area contributed by atoms with Crippen LogP contribution in [0, 0.1) is 0 Å². The van der Waals surface area contributed by atoms with Crippen molar-refractivity contribution in [3.63, 3.8) is 0 Å². The molecule has 158 valence electrons. The van der Waals surface area contributed by atoms with E-state index in [1.54, 1.807) is 11.3 Å². The van der Waals surface area contributed by atoms with E-state index in [9.17, 15) is 4.79 Å². The Bertz CT molecular complexity index is 1260. The Morgan fingerprint density at radius 2 is 2.00 bits per heavy atom. The highest BCUT2D eigenvalue weighted by molar-refractivity contribution is 7.10. The fourth-order valence-corrected chi connectivity index (χ4v) is 5.27. The van der Waals surface area contributed by atoms with Crippen molar-refractivity contribution in [2.45, 2.75) is 38.1 Å². The van der Waals surface area contributed by atoms with Gasteiger partial charge in [-0.15, -0.1) is 21.5 Å². The number of nitrogens with zero attached hydrogens (tertiary/aromatic N) is 6. The lowest BCUT2D eigenvalue weighted by Gasteiger charge is -2.40. The number of rotatable bonds is 4. The van der Waals surface area contributed by atoms with Crippen LogP contribution in [0.1, 0.15) is 36.4 Å².